The van der Waals surface area contributed by atoms with Crippen molar-refractivity contribution in [2.45, 2.75) is 37.3 Å². The first-order chi connectivity index (χ1) is 16.0. The van der Waals surface area contributed by atoms with Gasteiger partial charge in [-0.2, -0.15) is 0 Å². The van der Waals surface area contributed by atoms with E-state index in [1.54, 1.807) is 56.8 Å². The maximum absolute atomic E-state index is 13.3. The van der Waals surface area contributed by atoms with E-state index in [2.05, 4.69) is 10.3 Å². The molecular weight excluding hydrogens is 462 g/mol. The number of anilines is 1. The average molecular weight is 492 g/mol. The predicted molar refractivity (Wildman–Crippen MR) is 128 cm³/mol. The summed E-state index contributed by atoms with van der Waals surface area (Å²) in [6, 6.07) is 6.47. The van der Waals surface area contributed by atoms with Gasteiger partial charge in [0, 0.05) is 12.1 Å². The number of methoxy groups -OCH3 is 3. The summed E-state index contributed by atoms with van der Waals surface area (Å²) in [5.41, 5.74) is 1.92. The number of aromatic nitrogens is 2. The van der Waals surface area contributed by atoms with Gasteiger partial charge in [-0.05, 0) is 39.8 Å². The van der Waals surface area contributed by atoms with Gasteiger partial charge in [-0.15, -0.1) is 0 Å². The molecule has 3 rings (SSSR count). The third kappa shape index (κ3) is 4.47. The minimum absolute atomic E-state index is 0.0575. The molecule has 1 amide bonds. The van der Waals surface area contributed by atoms with E-state index in [9.17, 15) is 13.2 Å². The topological polar surface area (TPSA) is 118 Å². The van der Waals surface area contributed by atoms with Crippen molar-refractivity contribution in [3.8, 4) is 22.9 Å². The van der Waals surface area contributed by atoms with Crippen molar-refractivity contribution in [2.75, 3.05) is 33.3 Å². The Morgan fingerprint density at radius 3 is 2.26 bits per heavy atom. The highest BCUT2D eigenvalue weighted by atomic mass is 32.2. The molecule has 0 spiro atoms. The molecule has 0 fully saturated rings. The molecule has 11 heteroatoms. The number of sulfone groups is 1. The fraction of sp³-hybridized carbons (Fsp3) is 0.391. The molecule has 1 heterocycles. The summed E-state index contributed by atoms with van der Waals surface area (Å²) in [5.74, 6) is 0.871. The van der Waals surface area contributed by atoms with E-state index in [1.165, 1.54) is 27.4 Å². The van der Waals surface area contributed by atoms with Crippen LogP contribution in [-0.4, -0.2) is 56.7 Å². The highest BCUT2D eigenvalue weighted by Crippen LogP contribution is 2.40. The molecule has 0 aliphatic heterocycles. The van der Waals surface area contributed by atoms with Crippen LogP contribution in [0.1, 0.15) is 27.7 Å². The Labute approximate surface area is 198 Å². The highest BCUT2D eigenvalue weighted by Gasteiger charge is 2.34. The zero-order valence-corrected chi connectivity index (χ0v) is 21.1. The number of imidazole rings is 1. The number of benzene rings is 2. The molecule has 0 bridgehead atoms. The van der Waals surface area contributed by atoms with Crippen LogP contribution >= 0.6 is 0 Å². The van der Waals surface area contributed by atoms with Gasteiger partial charge in [-0.3, -0.25) is 9.88 Å². The Kier molecular flexibility index (Phi) is 6.97. The first kappa shape index (κ1) is 25.2. The van der Waals surface area contributed by atoms with E-state index in [0.717, 1.165) is 0 Å². The molecule has 10 nitrogen and oxygen atoms in total. The monoisotopic (exact) mass is 491 g/mol. The third-order valence-electron chi connectivity index (χ3n) is 5.18. The first-order valence-electron chi connectivity index (χ1n) is 10.5. The molecule has 1 aromatic heterocycles. The van der Waals surface area contributed by atoms with Crippen LogP contribution in [0.2, 0.25) is 0 Å². The first-order valence-corrected chi connectivity index (χ1v) is 12.0. The summed E-state index contributed by atoms with van der Waals surface area (Å²) in [4.78, 5) is 16.5. The number of hydrogen-bond donors (Lipinski definition) is 1. The van der Waals surface area contributed by atoms with E-state index >= 15 is 0 Å². The second-order valence-corrected chi connectivity index (χ2v) is 11.0. The number of fused-ring (bicyclic) bond motifs is 1. The van der Waals surface area contributed by atoms with Crippen molar-refractivity contribution in [3.63, 3.8) is 0 Å². The molecule has 1 N–H and O–H groups in total. The van der Waals surface area contributed by atoms with Crippen LogP contribution in [0.25, 0.3) is 16.7 Å². The molecule has 0 aliphatic rings. The molecule has 3 aromatic rings. The number of carbonyl (C=O) groups is 1. The molecule has 0 radical (unpaired) electrons. The molecule has 0 saturated heterocycles. The van der Waals surface area contributed by atoms with Gasteiger partial charge in [0.25, 0.3) is 0 Å². The Morgan fingerprint density at radius 1 is 1.03 bits per heavy atom. The van der Waals surface area contributed by atoms with Gasteiger partial charge in [0.15, 0.2) is 21.3 Å². The van der Waals surface area contributed by atoms with Crippen molar-refractivity contribution in [1.29, 1.82) is 0 Å². The van der Waals surface area contributed by atoms with Crippen LogP contribution in [0.5, 0.6) is 17.2 Å². The SMILES string of the molecule is CCOC(=O)Nc1cc(-n2cnc3cc(OC)c(S(=O)(=O)C(C)(C)C)cc32)cc(OC)c1OC. The maximum atomic E-state index is 13.3. The number of hydrogen-bond acceptors (Lipinski definition) is 8. The molecule has 2 aromatic carbocycles. The summed E-state index contributed by atoms with van der Waals surface area (Å²) in [7, 11) is 0.620. The Hall–Kier alpha value is -3.47. The number of nitrogens with zero attached hydrogens (tertiary/aromatic N) is 2. The fourth-order valence-corrected chi connectivity index (χ4v) is 4.71. The summed E-state index contributed by atoms with van der Waals surface area (Å²) in [6.45, 7) is 6.79. The number of nitrogens with one attached hydrogen (secondary N) is 1. The quantitative estimate of drug-likeness (QED) is 0.523. The van der Waals surface area contributed by atoms with Crippen LogP contribution in [-0.2, 0) is 14.6 Å². The summed E-state index contributed by atoms with van der Waals surface area (Å²) < 4.78 is 48.4. The van der Waals surface area contributed by atoms with E-state index in [4.69, 9.17) is 18.9 Å². The lowest BCUT2D eigenvalue weighted by Crippen LogP contribution is -2.28. The van der Waals surface area contributed by atoms with Gasteiger partial charge in [0.2, 0.25) is 0 Å². The zero-order valence-electron chi connectivity index (χ0n) is 20.3. The summed E-state index contributed by atoms with van der Waals surface area (Å²) in [6.07, 6.45) is 0.895. The van der Waals surface area contributed by atoms with Gasteiger partial charge in [0.05, 0.1) is 55.1 Å². The van der Waals surface area contributed by atoms with Gasteiger partial charge in [-0.25, -0.2) is 18.2 Å². The van der Waals surface area contributed by atoms with E-state index < -0.39 is 20.7 Å². The van der Waals surface area contributed by atoms with Gasteiger partial charge >= 0.3 is 6.09 Å². The number of carbonyl (C=O) groups excluding carboxylic acids is 1. The number of amides is 1. The lowest BCUT2D eigenvalue weighted by atomic mass is 10.2. The Morgan fingerprint density at radius 2 is 1.71 bits per heavy atom. The summed E-state index contributed by atoms with van der Waals surface area (Å²) in [5, 5.41) is 2.65. The Balaban J connectivity index is 2.26. The molecule has 0 aliphatic carbocycles. The van der Waals surface area contributed by atoms with Crippen molar-refractivity contribution in [3.05, 3.63) is 30.6 Å². The van der Waals surface area contributed by atoms with E-state index in [1.807, 2.05) is 0 Å². The van der Waals surface area contributed by atoms with Crippen molar-refractivity contribution >= 4 is 32.7 Å². The van der Waals surface area contributed by atoms with E-state index in [-0.39, 0.29) is 17.3 Å². The minimum atomic E-state index is -3.73. The van der Waals surface area contributed by atoms with Gasteiger partial charge in [0.1, 0.15) is 17.0 Å². The minimum Gasteiger partial charge on any atom is -0.495 e. The van der Waals surface area contributed by atoms with E-state index in [0.29, 0.717) is 33.9 Å². The van der Waals surface area contributed by atoms with Gasteiger partial charge < -0.3 is 18.9 Å². The smallest absolute Gasteiger partial charge is 0.411 e. The standard InChI is InChI=1S/C23H29N3O7S/c1-8-33-22(27)25-16-9-14(10-19(31-6)21(16)32-7)26-13-24-15-11-18(30-5)20(12-17(15)26)34(28,29)23(2,3)4/h9-13H,8H2,1-7H3,(H,25,27). The normalized spacial score (nSPS) is 11.9. The molecule has 184 valence electrons. The van der Waals surface area contributed by atoms with Gasteiger partial charge in [-0.1, -0.05) is 0 Å². The third-order valence-corrected chi connectivity index (χ3v) is 7.69. The molecule has 34 heavy (non-hydrogen) atoms. The maximum Gasteiger partial charge on any atom is 0.411 e. The largest absolute Gasteiger partial charge is 0.495 e. The second kappa shape index (κ2) is 9.41. The Bertz CT molecular complexity index is 1320. The lowest BCUT2D eigenvalue weighted by Gasteiger charge is -2.21. The average Bonchev–Trinajstić information content (AvgIpc) is 3.19. The fourth-order valence-electron chi connectivity index (χ4n) is 3.38. The van der Waals surface area contributed by atoms with Crippen LogP contribution in [0, 0.1) is 0 Å². The lowest BCUT2D eigenvalue weighted by molar-refractivity contribution is 0.168. The van der Waals surface area contributed by atoms with Crippen LogP contribution in [0.3, 0.4) is 0 Å². The highest BCUT2D eigenvalue weighted by molar-refractivity contribution is 7.92. The number of ether oxygens (including phenoxy) is 4. The molecule has 0 atom stereocenters. The molecular formula is C23H29N3O7S. The van der Waals surface area contributed by atoms with Crippen molar-refractivity contribution in [2.24, 2.45) is 0 Å². The molecule has 0 unspecified atom stereocenters. The van der Waals surface area contributed by atoms with Crippen LogP contribution < -0.4 is 19.5 Å². The van der Waals surface area contributed by atoms with Crippen molar-refractivity contribution < 1.29 is 32.2 Å². The molecule has 0 saturated carbocycles. The predicted octanol–water partition coefficient (Wildman–Crippen LogP) is 4.19. The second-order valence-electron chi connectivity index (χ2n) is 8.30. The van der Waals surface area contributed by atoms with Crippen LogP contribution in [0.4, 0.5) is 10.5 Å². The number of rotatable bonds is 7. The van der Waals surface area contributed by atoms with Crippen molar-refractivity contribution in [1.82, 2.24) is 9.55 Å². The van der Waals surface area contributed by atoms with Crippen LogP contribution in [0.15, 0.2) is 35.5 Å². The zero-order chi connectivity index (χ0) is 25.3. The summed E-state index contributed by atoms with van der Waals surface area (Å²) >= 11 is 0.